The minimum atomic E-state index is -3.82. The van der Waals surface area contributed by atoms with Crippen molar-refractivity contribution >= 4 is 38.9 Å². The Morgan fingerprint density at radius 2 is 1.39 bits per heavy atom. The lowest BCUT2D eigenvalue weighted by atomic mass is 10.2. The van der Waals surface area contributed by atoms with Gasteiger partial charge in [0, 0.05) is 18.3 Å². The van der Waals surface area contributed by atoms with Gasteiger partial charge in [-0.05, 0) is 55.5 Å². The largest absolute Gasteiger partial charge is 0.339 e. The number of amides is 1. The first-order valence-electron chi connectivity index (χ1n) is 8.40. The molecule has 2 aromatic carbocycles. The maximum absolute atomic E-state index is 12.5. The zero-order valence-electron chi connectivity index (χ0n) is 15.3. The molecule has 9 heteroatoms. The summed E-state index contributed by atoms with van der Waals surface area (Å²) < 4.78 is 27.3. The SMILES string of the molecule is CC(=O)Nc1ccc(S(=O)(=O)Nc2ccc(Nc3ccc(C)cc3)nn2)cc1. The number of hydrogen-bond acceptors (Lipinski definition) is 6. The summed E-state index contributed by atoms with van der Waals surface area (Å²) in [6, 6.07) is 16.7. The van der Waals surface area contributed by atoms with E-state index in [4.69, 9.17) is 0 Å². The molecule has 0 fully saturated rings. The lowest BCUT2D eigenvalue weighted by Crippen LogP contribution is -2.14. The normalized spacial score (nSPS) is 10.9. The van der Waals surface area contributed by atoms with Gasteiger partial charge in [0.1, 0.15) is 0 Å². The van der Waals surface area contributed by atoms with Crippen molar-refractivity contribution in [3.63, 3.8) is 0 Å². The number of nitrogens with zero attached hydrogens (tertiary/aromatic N) is 2. The fourth-order valence-electron chi connectivity index (χ4n) is 2.36. The average molecular weight is 397 g/mol. The molecule has 3 rings (SSSR count). The molecule has 0 aliphatic rings. The Labute approximate surface area is 163 Å². The van der Waals surface area contributed by atoms with Gasteiger partial charge in [0.05, 0.1) is 4.90 Å². The van der Waals surface area contributed by atoms with Crippen molar-refractivity contribution in [3.05, 3.63) is 66.2 Å². The molecule has 0 spiro atoms. The van der Waals surface area contributed by atoms with Gasteiger partial charge in [-0.15, -0.1) is 10.2 Å². The van der Waals surface area contributed by atoms with E-state index in [1.54, 1.807) is 6.07 Å². The van der Waals surface area contributed by atoms with Crippen LogP contribution in [0.2, 0.25) is 0 Å². The Morgan fingerprint density at radius 1 is 0.821 bits per heavy atom. The Bertz CT molecular complexity index is 1060. The van der Waals surface area contributed by atoms with Crippen molar-refractivity contribution in [2.75, 3.05) is 15.4 Å². The summed E-state index contributed by atoms with van der Waals surface area (Å²) in [6.45, 7) is 3.38. The minimum absolute atomic E-state index is 0.0465. The number of hydrogen-bond donors (Lipinski definition) is 3. The van der Waals surface area contributed by atoms with Crippen molar-refractivity contribution in [1.82, 2.24) is 10.2 Å². The average Bonchev–Trinajstić information content (AvgIpc) is 2.65. The zero-order chi connectivity index (χ0) is 20.1. The minimum Gasteiger partial charge on any atom is -0.339 e. The molecule has 0 bridgehead atoms. The van der Waals surface area contributed by atoms with Gasteiger partial charge in [0.2, 0.25) is 5.91 Å². The second kappa shape index (κ2) is 8.05. The first kappa shape index (κ1) is 19.3. The summed E-state index contributed by atoms with van der Waals surface area (Å²) in [5.41, 5.74) is 2.51. The van der Waals surface area contributed by atoms with Gasteiger partial charge in [-0.2, -0.15) is 0 Å². The van der Waals surface area contributed by atoms with E-state index in [0.717, 1.165) is 11.3 Å². The molecule has 28 heavy (non-hydrogen) atoms. The second-order valence-corrected chi connectivity index (χ2v) is 7.79. The van der Waals surface area contributed by atoms with E-state index >= 15 is 0 Å². The van der Waals surface area contributed by atoms with Crippen LogP contribution < -0.4 is 15.4 Å². The summed E-state index contributed by atoms with van der Waals surface area (Å²) in [6.07, 6.45) is 0. The molecule has 1 aromatic heterocycles. The predicted molar refractivity (Wildman–Crippen MR) is 108 cm³/mol. The third-order valence-corrected chi connectivity index (χ3v) is 5.08. The van der Waals surface area contributed by atoms with Crippen molar-refractivity contribution in [1.29, 1.82) is 0 Å². The number of sulfonamides is 1. The maximum Gasteiger partial charge on any atom is 0.263 e. The van der Waals surface area contributed by atoms with Crippen LogP contribution in [0.15, 0.2) is 65.6 Å². The van der Waals surface area contributed by atoms with Crippen molar-refractivity contribution < 1.29 is 13.2 Å². The molecule has 0 atom stereocenters. The van der Waals surface area contributed by atoms with Gasteiger partial charge in [-0.3, -0.25) is 9.52 Å². The molecule has 3 N–H and O–H groups in total. The molecular formula is C19H19N5O3S. The summed E-state index contributed by atoms with van der Waals surface area (Å²) in [4.78, 5) is 11.1. The van der Waals surface area contributed by atoms with Gasteiger partial charge >= 0.3 is 0 Å². The lowest BCUT2D eigenvalue weighted by Gasteiger charge is -2.09. The Morgan fingerprint density at radius 3 is 1.96 bits per heavy atom. The maximum atomic E-state index is 12.5. The summed E-state index contributed by atoms with van der Waals surface area (Å²) in [7, 11) is -3.82. The Hall–Kier alpha value is -3.46. The van der Waals surface area contributed by atoms with E-state index in [2.05, 4.69) is 25.6 Å². The van der Waals surface area contributed by atoms with Crippen LogP contribution in [0.3, 0.4) is 0 Å². The molecule has 3 aromatic rings. The van der Waals surface area contributed by atoms with E-state index in [1.807, 2.05) is 31.2 Å². The van der Waals surface area contributed by atoms with Crippen LogP contribution >= 0.6 is 0 Å². The molecule has 0 saturated carbocycles. The van der Waals surface area contributed by atoms with Crippen molar-refractivity contribution in [3.8, 4) is 0 Å². The van der Waals surface area contributed by atoms with Crippen LogP contribution in [0.1, 0.15) is 12.5 Å². The highest BCUT2D eigenvalue weighted by molar-refractivity contribution is 7.92. The zero-order valence-corrected chi connectivity index (χ0v) is 16.1. The number of aromatic nitrogens is 2. The third-order valence-electron chi connectivity index (χ3n) is 3.71. The smallest absolute Gasteiger partial charge is 0.263 e. The molecule has 8 nitrogen and oxygen atoms in total. The quantitative estimate of drug-likeness (QED) is 0.588. The number of aryl methyl sites for hydroxylation is 1. The first-order chi connectivity index (χ1) is 13.3. The van der Waals surface area contributed by atoms with Crippen molar-refractivity contribution in [2.24, 2.45) is 0 Å². The monoisotopic (exact) mass is 397 g/mol. The number of anilines is 4. The topological polar surface area (TPSA) is 113 Å². The van der Waals surface area contributed by atoms with Gasteiger partial charge < -0.3 is 10.6 Å². The highest BCUT2D eigenvalue weighted by Gasteiger charge is 2.15. The molecule has 0 radical (unpaired) electrons. The van der Waals surface area contributed by atoms with Crippen LogP contribution in [-0.2, 0) is 14.8 Å². The molecule has 0 aliphatic heterocycles. The standard InChI is InChI=1S/C19H19N5O3S/c1-13-3-5-16(6-4-13)21-18-11-12-19(23-22-18)24-28(26,27)17-9-7-15(8-10-17)20-14(2)25/h3-12H,1-2H3,(H,20,25)(H,21,22)(H,23,24). The number of carbonyl (C=O) groups is 1. The predicted octanol–water partition coefficient (Wildman–Crippen LogP) is 3.29. The van der Waals surface area contributed by atoms with Gasteiger partial charge in [0.15, 0.2) is 11.6 Å². The first-order valence-corrected chi connectivity index (χ1v) is 9.88. The third kappa shape index (κ3) is 5.04. The molecule has 0 saturated heterocycles. The molecule has 0 aliphatic carbocycles. The van der Waals surface area contributed by atoms with Gasteiger partial charge in [-0.25, -0.2) is 8.42 Å². The van der Waals surface area contributed by atoms with Gasteiger partial charge in [-0.1, -0.05) is 17.7 Å². The van der Waals surface area contributed by atoms with Crippen LogP contribution in [0.4, 0.5) is 23.0 Å². The van der Waals surface area contributed by atoms with Crippen LogP contribution in [0.5, 0.6) is 0 Å². The van der Waals surface area contributed by atoms with E-state index < -0.39 is 10.0 Å². The van der Waals surface area contributed by atoms with Crippen LogP contribution in [-0.4, -0.2) is 24.5 Å². The van der Waals surface area contributed by atoms with Gasteiger partial charge in [0.25, 0.3) is 10.0 Å². The second-order valence-electron chi connectivity index (χ2n) is 6.11. The Kier molecular flexibility index (Phi) is 5.55. The van der Waals surface area contributed by atoms with E-state index in [-0.39, 0.29) is 16.6 Å². The molecule has 1 heterocycles. The van der Waals surface area contributed by atoms with E-state index in [0.29, 0.717) is 11.5 Å². The summed E-state index contributed by atoms with van der Waals surface area (Å²) in [5.74, 6) is 0.357. The highest BCUT2D eigenvalue weighted by Crippen LogP contribution is 2.19. The Balaban J connectivity index is 1.68. The van der Waals surface area contributed by atoms with Crippen LogP contribution in [0, 0.1) is 6.92 Å². The van der Waals surface area contributed by atoms with E-state index in [9.17, 15) is 13.2 Å². The molecular weight excluding hydrogens is 378 g/mol. The summed E-state index contributed by atoms with van der Waals surface area (Å²) in [5, 5.41) is 13.6. The number of nitrogens with one attached hydrogen (secondary N) is 3. The molecule has 0 unspecified atom stereocenters. The molecule has 144 valence electrons. The summed E-state index contributed by atoms with van der Waals surface area (Å²) >= 11 is 0. The molecule has 1 amide bonds. The number of benzene rings is 2. The number of rotatable bonds is 6. The highest BCUT2D eigenvalue weighted by atomic mass is 32.2. The fraction of sp³-hybridized carbons (Fsp3) is 0.105. The van der Waals surface area contributed by atoms with E-state index in [1.165, 1.54) is 37.3 Å². The lowest BCUT2D eigenvalue weighted by molar-refractivity contribution is -0.114. The fourth-order valence-corrected chi connectivity index (χ4v) is 3.35. The van der Waals surface area contributed by atoms with Crippen molar-refractivity contribution in [2.45, 2.75) is 18.7 Å². The number of carbonyl (C=O) groups excluding carboxylic acids is 1. The van der Waals surface area contributed by atoms with Crippen LogP contribution in [0.25, 0.3) is 0 Å².